The van der Waals surface area contributed by atoms with E-state index in [1.54, 1.807) is 0 Å². The molecule has 0 aliphatic heterocycles. The van der Waals surface area contributed by atoms with E-state index >= 15 is 0 Å². The third kappa shape index (κ3) is 19.9. The van der Waals surface area contributed by atoms with Crippen LogP contribution in [0, 0.1) is 0 Å². The van der Waals surface area contributed by atoms with Crippen molar-refractivity contribution in [3.8, 4) is 5.75 Å². The number of ether oxygens (including phenoxy) is 1. The number of rotatable bonds is 19. The molecule has 0 spiro atoms. The molecule has 1 aromatic rings. The molecule has 2 N–H and O–H groups in total. The van der Waals surface area contributed by atoms with E-state index in [1.165, 1.54) is 103 Å². The predicted octanol–water partition coefficient (Wildman–Crippen LogP) is 9.33. The second-order valence-corrected chi connectivity index (χ2v) is 8.07. The zero-order chi connectivity index (χ0) is 21.4. The summed E-state index contributed by atoms with van der Waals surface area (Å²) in [6.07, 6.45) is 23.9. The lowest BCUT2D eigenvalue weighted by Crippen LogP contribution is -1.97. The summed E-state index contributed by atoms with van der Waals surface area (Å²) in [6.45, 7) is 7.11. The zero-order valence-corrected chi connectivity index (χ0v) is 20.0. The normalized spacial score (nSPS) is 10.4. The lowest BCUT2D eigenvalue weighted by atomic mass is 10.0. The Bertz CT molecular complexity index is 415. The van der Waals surface area contributed by atoms with E-state index in [0.29, 0.717) is 0 Å². The highest BCUT2D eigenvalue weighted by Gasteiger charge is 1.96. The quantitative estimate of drug-likeness (QED) is 0.184. The Morgan fingerprint density at radius 3 is 1.28 bits per heavy atom. The first-order chi connectivity index (χ1) is 14.3. The molecule has 0 saturated carbocycles. The first-order valence-electron chi connectivity index (χ1n) is 12.8. The highest BCUT2D eigenvalue weighted by molar-refractivity contribution is 5.41. The fraction of sp³-hybridized carbons (Fsp3) is 0.778. The summed E-state index contributed by atoms with van der Waals surface area (Å²) in [4.78, 5) is 0. The third-order valence-electron chi connectivity index (χ3n) is 5.40. The molecule has 0 amide bonds. The van der Waals surface area contributed by atoms with E-state index in [4.69, 9.17) is 10.5 Å². The lowest BCUT2D eigenvalue weighted by Gasteiger charge is -2.06. The van der Waals surface area contributed by atoms with Crippen LogP contribution in [-0.2, 0) is 0 Å². The predicted molar refractivity (Wildman–Crippen MR) is 132 cm³/mol. The van der Waals surface area contributed by atoms with Crippen molar-refractivity contribution >= 4 is 5.69 Å². The van der Waals surface area contributed by atoms with Crippen molar-refractivity contribution in [3.05, 3.63) is 24.3 Å². The molecule has 0 aromatic heterocycles. The molecule has 0 aliphatic carbocycles. The van der Waals surface area contributed by atoms with E-state index in [2.05, 4.69) is 6.92 Å². The molecule has 0 saturated heterocycles. The number of hydrogen-bond donors (Lipinski definition) is 1. The molecule has 170 valence electrons. The van der Waals surface area contributed by atoms with Crippen LogP contribution in [0.5, 0.6) is 5.75 Å². The maximum absolute atomic E-state index is 5.73. The Morgan fingerprint density at radius 1 is 0.552 bits per heavy atom. The Hall–Kier alpha value is -1.18. The Labute approximate surface area is 183 Å². The number of nitrogens with two attached hydrogens (primary N) is 1. The summed E-state index contributed by atoms with van der Waals surface area (Å²) in [5, 5.41) is 0. The van der Waals surface area contributed by atoms with Gasteiger partial charge in [-0.25, -0.2) is 0 Å². The summed E-state index contributed by atoms with van der Waals surface area (Å²) in [5.74, 6) is 0.931. The minimum absolute atomic E-state index is 0.792. The monoisotopic (exact) mass is 405 g/mol. The van der Waals surface area contributed by atoms with Crippen LogP contribution in [0.4, 0.5) is 5.69 Å². The highest BCUT2D eigenvalue weighted by atomic mass is 16.5. The van der Waals surface area contributed by atoms with Gasteiger partial charge in [0.1, 0.15) is 5.75 Å². The van der Waals surface area contributed by atoms with Gasteiger partial charge in [0.25, 0.3) is 0 Å². The number of anilines is 1. The second kappa shape index (κ2) is 23.1. The Balaban J connectivity index is 0.00000379. The van der Waals surface area contributed by atoms with Crippen molar-refractivity contribution in [3.63, 3.8) is 0 Å². The van der Waals surface area contributed by atoms with Crippen LogP contribution in [0.25, 0.3) is 0 Å². The Kier molecular flexibility index (Phi) is 22.2. The molecule has 0 atom stereocenters. The van der Waals surface area contributed by atoms with Crippen LogP contribution in [0.3, 0.4) is 0 Å². The van der Waals surface area contributed by atoms with Gasteiger partial charge in [0.15, 0.2) is 0 Å². The summed E-state index contributed by atoms with van der Waals surface area (Å²) in [7, 11) is 0. The fourth-order valence-corrected chi connectivity index (χ4v) is 3.58. The van der Waals surface area contributed by atoms with Crippen molar-refractivity contribution in [1.82, 2.24) is 0 Å². The maximum atomic E-state index is 5.73. The van der Waals surface area contributed by atoms with Gasteiger partial charge in [0, 0.05) is 5.69 Å². The molecule has 2 nitrogen and oxygen atoms in total. The minimum atomic E-state index is 0.792. The van der Waals surface area contributed by atoms with Crippen LogP contribution >= 0.6 is 0 Å². The van der Waals surface area contributed by atoms with Gasteiger partial charge in [-0.15, -0.1) is 0 Å². The van der Waals surface area contributed by atoms with E-state index in [0.717, 1.165) is 24.5 Å². The van der Waals surface area contributed by atoms with Gasteiger partial charge in [-0.05, 0) is 30.7 Å². The molecule has 0 unspecified atom stereocenters. The van der Waals surface area contributed by atoms with Crippen LogP contribution in [-0.4, -0.2) is 6.61 Å². The molecular weight excluding hydrogens is 354 g/mol. The van der Waals surface area contributed by atoms with Gasteiger partial charge >= 0.3 is 0 Å². The largest absolute Gasteiger partial charge is 0.494 e. The van der Waals surface area contributed by atoms with Crippen molar-refractivity contribution in [2.75, 3.05) is 12.3 Å². The van der Waals surface area contributed by atoms with Gasteiger partial charge in [-0.1, -0.05) is 124 Å². The topological polar surface area (TPSA) is 35.2 Å². The molecule has 2 heteroatoms. The van der Waals surface area contributed by atoms with Gasteiger partial charge in [0.05, 0.1) is 6.61 Å². The van der Waals surface area contributed by atoms with Crippen LogP contribution < -0.4 is 10.5 Å². The van der Waals surface area contributed by atoms with Gasteiger partial charge in [0.2, 0.25) is 0 Å². The SMILES string of the molecule is CC.CCCCCCCCCCCCCCCCCCCOc1ccc(N)cc1. The first-order valence-corrected chi connectivity index (χ1v) is 12.8. The van der Waals surface area contributed by atoms with Crippen molar-refractivity contribution in [2.45, 2.75) is 130 Å². The van der Waals surface area contributed by atoms with E-state index in [1.807, 2.05) is 38.1 Å². The standard InChI is InChI=1S/C25H45NO.C2H6/c1-2-3-4-5-6-7-8-9-10-11-12-13-14-15-16-17-18-23-27-25-21-19-24(26)20-22-25;1-2/h19-22H,2-18,23,26H2,1H3;1-2H3. The summed E-state index contributed by atoms with van der Waals surface area (Å²) in [5.41, 5.74) is 6.46. The summed E-state index contributed by atoms with van der Waals surface area (Å²) < 4.78 is 5.73. The number of nitrogen functional groups attached to an aromatic ring is 1. The molecule has 1 rings (SSSR count). The second-order valence-electron chi connectivity index (χ2n) is 8.07. The summed E-state index contributed by atoms with van der Waals surface area (Å²) in [6, 6.07) is 7.68. The van der Waals surface area contributed by atoms with Gasteiger partial charge in [-0.3, -0.25) is 0 Å². The van der Waals surface area contributed by atoms with Crippen LogP contribution in [0.2, 0.25) is 0 Å². The highest BCUT2D eigenvalue weighted by Crippen LogP contribution is 2.15. The number of unbranched alkanes of at least 4 members (excludes halogenated alkanes) is 16. The van der Waals surface area contributed by atoms with Crippen molar-refractivity contribution < 1.29 is 4.74 Å². The van der Waals surface area contributed by atoms with E-state index < -0.39 is 0 Å². The summed E-state index contributed by atoms with van der Waals surface area (Å²) >= 11 is 0. The molecule has 29 heavy (non-hydrogen) atoms. The first kappa shape index (κ1) is 27.8. The third-order valence-corrected chi connectivity index (χ3v) is 5.40. The average Bonchev–Trinajstić information content (AvgIpc) is 2.75. The van der Waals surface area contributed by atoms with Gasteiger partial charge < -0.3 is 10.5 Å². The zero-order valence-electron chi connectivity index (χ0n) is 20.0. The molecule has 0 radical (unpaired) electrons. The van der Waals surface area contributed by atoms with Crippen molar-refractivity contribution in [2.24, 2.45) is 0 Å². The molecule has 1 aromatic carbocycles. The maximum Gasteiger partial charge on any atom is 0.119 e. The van der Waals surface area contributed by atoms with Gasteiger partial charge in [-0.2, -0.15) is 0 Å². The van der Waals surface area contributed by atoms with Crippen molar-refractivity contribution in [1.29, 1.82) is 0 Å². The van der Waals surface area contributed by atoms with E-state index in [-0.39, 0.29) is 0 Å². The molecule has 0 heterocycles. The minimum Gasteiger partial charge on any atom is -0.494 e. The molecule has 0 fully saturated rings. The lowest BCUT2D eigenvalue weighted by molar-refractivity contribution is 0.304. The van der Waals surface area contributed by atoms with E-state index in [9.17, 15) is 0 Å². The molecule has 0 bridgehead atoms. The van der Waals surface area contributed by atoms with Crippen LogP contribution in [0.1, 0.15) is 130 Å². The Morgan fingerprint density at radius 2 is 0.897 bits per heavy atom. The molecular formula is C27H51NO. The molecule has 0 aliphatic rings. The number of benzene rings is 1. The van der Waals surface area contributed by atoms with Crippen LogP contribution in [0.15, 0.2) is 24.3 Å². The smallest absolute Gasteiger partial charge is 0.119 e. The fourth-order valence-electron chi connectivity index (χ4n) is 3.58. The average molecular weight is 406 g/mol. The number of hydrogen-bond acceptors (Lipinski definition) is 2.